The summed E-state index contributed by atoms with van der Waals surface area (Å²) in [7, 11) is 0. The second-order valence-corrected chi connectivity index (χ2v) is 5.07. The number of nitrogens with zero attached hydrogens (tertiary/aromatic N) is 2. The molecular formula is C14H22N2O. The molecule has 1 fully saturated rings. The zero-order valence-corrected chi connectivity index (χ0v) is 10.8. The van der Waals surface area contributed by atoms with Crippen LogP contribution in [0.2, 0.25) is 0 Å². The largest absolute Gasteiger partial charge is 0.506 e. The molecule has 1 atom stereocenters. The minimum absolute atomic E-state index is 0.328. The van der Waals surface area contributed by atoms with Crippen LogP contribution in [0, 0.1) is 12.8 Å². The number of aromatic hydroxyl groups is 1. The van der Waals surface area contributed by atoms with Gasteiger partial charge in [0.05, 0.1) is 5.69 Å². The third-order valence-corrected chi connectivity index (χ3v) is 3.64. The van der Waals surface area contributed by atoms with Crippen LogP contribution in [0.3, 0.4) is 0 Å². The molecule has 0 spiro atoms. The Kier molecular flexibility index (Phi) is 4.00. The summed E-state index contributed by atoms with van der Waals surface area (Å²) in [5.41, 5.74) is 1.80. The monoisotopic (exact) mass is 234 g/mol. The van der Waals surface area contributed by atoms with E-state index in [2.05, 4.69) is 16.8 Å². The third kappa shape index (κ3) is 3.19. The van der Waals surface area contributed by atoms with Gasteiger partial charge in [0.1, 0.15) is 5.75 Å². The first kappa shape index (κ1) is 12.4. The molecule has 2 rings (SSSR count). The molecule has 1 unspecified atom stereocenters. The lowest BCUT2D eigenvalue weighted by Crippen LogP contribution is -2.34. The van der Waals surface area contributed by atoms with Gasteiger partial charge in [-0.25, -0.2) is 0 Å². The molecule has 1 saturated heterocycles. The molecule has 2 heterocycles. The van der Waals surface area contributed by atoms with Gasteiger partial charge in [-0.15, -0.1) is 0 Å². The number of likely N-dealkylation sites (tertiary alicyclic amines) is 1. The van der Waals surface area contributed by atoms with Crippen LogP contribution in [0.1, 0.15) is 37.6 Å². The smallest absolute Gasteiger partial charge is 0.138 e. The summed E-state index contributed by atoms with van der Waals surface area (Å²) in [6.45, 7) is 7.28. The molecule has 94 valence electrons. The maximum atomic E-state index is 9.80. The van der Waals surface area contributed by atoms with Gasteiger partial charge in [-0.05, 0) is 44.4 Å². The van der Waals surface area contributed by atoms with E-state index in [1.54, 1.807) is 6.07 Å². The highest BCUT2D eigenvalue weighted by atomic mass is 16.3. The van der Waals surface area contributed by atoms with Crippen molar-refractivity contribution in [3.63, 3.8) is 0 Å². The molecule has 1 aromatic heterocycles. The average molecular weight is 234 g/mol. The van der Waals surface area contributed by atoms with Gasteiger partial charge in [0, 0.05) is 18.8 Å². The van der Waals surface area contributed by atoms with Crippen LogP contribution in [0.25, 0.3) is 0 Å². The topological polar surface area (TPSA) is 36.4 Å². The highest BCUT2D eigenvalue weighted by Crippen LogP contribution is 2.23. The predicted octanol–water partition coefficient (Wildman–Crippen LogP) is 2.72. The summed E-state index contributed by atoms with van der Waals surface area (Å²) >= 11 is 0. The Bertz CT molecular complexity index is 378. The molecule has 3 nitrogen and oxygen atoms in total. The van der Waals surface area contributed by atoms with Crippen LogP contribution in [0.15, 0.2) is 12.1 Å². The molecule has 0 amide bonds. The van der Waals surface area contributed by atoms with Crippen LogP contribution in [0.4, 0.5) is 0 Å². The molecule has 1 aliphatic heterocycles. The van der Waals surface area contributed by atoms with Crippen LogP contribution >= 0.6 is 0 Å². The van der Waals surface area contributed by atoms with Crippen molar-refractivity contribution in [2.45, 2.75) is 39.7 Å². The first-order valence-corrected chi connectivity index (χ1v) is 6.57. The fraction of sp³-hybridized carbons (Fsp3) is 0.643. The molecule has 1 N–H and O–H groups in total. The molecule has 1 aliphatic rings. The van der Waals surface area contributed by atoms with Gasteiger partial charge in [0.2, 0.25) is 0 Å². The fourth-order valence-corrected chi connectivity index (χ4v) is 2.56. The maximum absolute atomic E-state index is 9.80. The van der Waals surface area contributed by atoms with Crippen LogP contribution in [-0.2, 0) is 6.54 Å². The molecule has 0 radical (unpaired) electrons. The number of rotatable bonds is 3. The van der Waals surface area contributed by atoms with E-state index in [1.165, 1.54) is 19.3 Å². The van der Waals surface area contributed by atoms with Crippen molar-refractivity contribution in [3.8, 4) is 5.75 Å². The third-order valence-electron chi connectivity index (χ3n) is 3.64. The van der Waals surface area contributed by atoms with Gasteiger partial charge in [0.15, 0.2) is 0 Å². The highest BCUT2D eigenvalue weighted by molar-refractivity contribution is 5.27. The Morgan fingerprint density at radius 3 is 3.06 bits per heavy atom. The predicted molar refractivity (Wildman–Crippen MR) is 68.9 cm³/mol. The summed E-state index contributed by atoms with van der Waals surface area (Å²) < 4.78 is 0. The average Bonchev–Trinajstić information content (AvgIpc) is 2.34. The number of aryl methyl sites for hydroxylation is 1. The first-order valence-electron chi connectivity index (χ1n) is 6.57. The summed E-state index contributed by atoms with van der Waals surface area (Å²) in [5, 5.41) is 9.80. The van der Waals surface area contributed by atoms with Crippen molar-refractivity contribution in [1.82, 2.24) is 9.88 Å². The van der Waals surface area contributed by atoms with Gasteiger partial charge >= 0.3 is 0 Å². The molecule has 17 heavy (non-hydrogen) atoms. The Morgan fingerprint density at radius 2 is 2.29 bits per heavy atom. The van der Waals surface area contributed by atoms with E-state index in [0.29, 0.717) is 5.75 Å². The molecule has 0 aliphatic carbocycles. The van der Waals surface area contributed by atoms with E-state index in [1.807, 2.05) is 13.0 Å². The van der Waals surface area contributed by atoms with Gasteiger partial charge in [0.25, 0.3) is 0 Å². The molecule has 0 saturated carbocycles. The quantitative estimate of drug-likeness (QED) is 0.873. The summed E-state index contributed by atoms with van der Waals surface area (Å²) in [6.07, 6.45) is 3.87. The van der Waals surface area contributed by atoms with Crippen LogP contribution in [-0.4, -0.2) is 28.1 Å². The first-order chi connectivity index (χ1) is 8.19. The van der Waals surface area contributed by atoms with E-state index >= 15 is 0 Å². The standard InChI is InChI=1S/C14H22N2O/c1-3-12-5-4-8-16(9-12)10-13-14(17)7-6-11(2)15-13/h6-7,12,17H,3-5,8-10H2,1-2H3. The minimum atomic E-state index is 0.328. The van der Waals surface area contributed by atoms with Gasteiger partial charge in [-0.2, -0.15) is 0 Å². The van der Waals surface area contributed by atoms with Crippen LogP contribution in [0.5, 0.6) is 5.75 Å². The van der Waals surface area contributed by atoms with E-state index in [9.17, 15) is 5.11 Å². The number of piperidine rings is 1. The van der Waals surface area contributed by atoms with E-state index in [4.69, 9.17) is 0 Å². The summed E-state index contributed by atoms with van der Waals surface area (Å²) in [6, 6.07) is 3.60. The summed E-state index contributed by atoms with van der Waals surface area (Å²) in [5.74, 6) is 1.14. The van der Waals surface area contributed by atoms with E-state index in [0.717, 1.165) is 36.9 Å². The lowest BCUT2D eigenvalue weighted by Gasteiger charge is -2.32. The number of hydrogen-bond donors (Lipinski definition) is 1. The maximum Gasteiger partial charge on any atom is 0.138 e. The zero-order chi connectivity index (χ0) is 12.3. The fourth-order valence-electron chi connectivity index (χ4n) is 2.56. The molecule has 0 bridgehead atoms. The summed E-state index contributed by atoms with van der Waals surface area (Å²) in [4.78, 5) is 6.84. The van der Waals surface area contributed by atoms with Gasteiger partial charge in [-0.1, -0.05) is 13.3 Å². The SMILES string of the molecule is CCC1CCCN(Cc2nc(C)ccc2O)C1. The van der Waals surface area contributed by atoms with Crippen molar-refractivity contribution in [3.05, 3.63) is 23.5 Å². The van der Waals surface area contributed by atoms with Gasteiger partial charge < -0.3 is 5.11 Å². The lowest BCUT2D eigenvalue weighted by molar-refractivity contribution is 0.161. The molecule has 0 aromatic carbocycles. The second-order valence-electron chi connectivity index (χ2n) is 5.07. The molecule has 1 aromatic rings. The Morgan fingerprint density at radius 1 is 1.47 bits per heavy atom. The lowest BCUT2D eigenvalue weighted by atomic mass is 9.95. The Balaban J connectivity index is 2.02. The van der Waals surface area contributed by atoms with Gasteiger partial charge in [-0.3, -0.25) is 9.88 Å². The van der Waals surface area contributed by atoms with Crippen molar-refractivity contribution in [1.29, 1.82) is 0 Å². The van der Waals surface area contributed by atoms with Crippen molar-refractivity contribution in [2.75, 3.05) is 13.1 Å². The van der Waals surface area contributed by atoms with E-state index in [-0.39, 0.29) is 0 Å². The Labute approximate surface area is 103 Å². The van der Waals surface area contributed by atoms with Crippen LogP contribution < -0.4 is 0 Å². The number of pyridine rings is 1. The zero-order valence-electron chi connectivity index (χ0n) is 10.8. The number of hydrogen-bond acceptors (Lipinski definition) is 3. The minimum Gasteiger partial charge on any atom is -0.506 e. The van der Waals surface area contributed by atoms with Crippen molar-refractivity contribution >= 4 is 0 Å². The van der Waals surface area contributed by atoms with Crippen molar-refractivity contribution < 1.29 is 5.11 Å². The molecule has 3 heteroatoms. The van der Waals surface area contributed by atoms with Crippen molar-refractivity contribution in [2.24, 2.45) is 5.92 Å². The molecular weight excluding hydrogens is 212 g/mol. The van der Waals surface area contributed by atoms with E-state index < -0.39 is 0 Å². The normalized spacial score (nSPS) is 21.6. The second kappa shape index (κ2) is 5.50. The number of aromatic nitrogens is 1. The Hall–Kier alpha value is -1.09. The highest BCUT2D eigenvalue weighted by Gasteiger charge is 2.19.